The Bertz CT molecular complexity index is 1490. The Labute approximate surface area is 251 Å². The van der Waals surface area contributed by atoms with Crippen molar-refractivity contribution >= 4 is 69.5 Å². The predicted octanol–water partition coefficient (Wildman–Crippen LogP) is 7.21. The summed E-state index contributed by atoms with van der Waals surface area (Å²) in [4.78, 5) is 40.0. The molecule has 0 spiro atoms. The maximum atomic E-state index is 13.3. The lowest BCUT2D eigenvalue weighted by molar-refractivity contribution is -0.116. The fourth-order valence-corrected chi connectivity index (χ4v) is 5.12. The van der Waals surface area contributed by atoms with E-state index in [1.165, 1.54) is 11.8 Å². The van der Waals surface area contributed by atoms with Gasteiger partial charge in [0.2, 0.25) is 5.91 Å². The van der Waals surface area contributed by atoms with Crippen LogP contribution in [0.3, 0.4) is 0 Å². The lowest BCUT2D eigenvalue weighted by Crippen LogP contribution is -2.30. The number of benzene rings is 4. The predicted molar refractivity (Wildman–Crippen MR) is 171 cm³/mol. The van der Waals surface area contributed by atoms with Crippen molar-refractivity contribution < 1.29 is 14.4 Å². The normalized spacial score (nSPS) is 11.8. The van der Waals surface area contributed by atoms with Crippen LogP contribution in [0.4, 0.5) is 11.4 Å². The smallest absolute Gasteiger partial charge is 0.272 e. The fourth-order valence-electron chi connectivity index (χ4n) is 3.75. The molecule has 6 nitrogen and oxygen atoms in total. The molecule has 1 unspecified atom stereocenters. The summed E-state index contributed by atoms with van der Waals surface area (Å²) in [5.74, 6) is -0.925. The molecule has 4 rings (SSSR count). The highest BCUT2D eigenvalue weighted by Crippen LogP contribution is 2.29. The van der Waals surface area contributed by atoms with Gasteiger partial charge in [-0.15, -0.1) is 11.8 Å². The van der Waals surface area contributed by atoms with Crippen molar-refractivity contribution in [3.63, 3.8) is 0 Å². The van der Waals surface area contributed by atoms with Crippen LogP contribution in [-0.4, -0.2) is 23.0 Å². The molecule has 4 aromatic carbocycles. The standard InChI is InChI=1S/C32H28IN3O3S/c1-2-29(32(39)34-25-18-16-24(33)17-19-25)40-27-15-9-14-26(21-27)35-31(38)28(20-22-10-5-3-6-11-22)36-30(37)23-12-7-4-8-13-23/h3-21,29H,2H2,1H3,(H,34,39)(H,35,38)(H,36,37)/b28-20-. The van der Waals surface area contributed by atoms with E-state index in [0.717, 1.165) is 19.7 Å². The molecule has 0 aliphatic carbocycles. The van der Waals surface area contributed by atoms with Gasteiger partial charge in [0.25, 0.3) is 11.8 Å². The lowest BCUT2D eigenvalue weighted by atomic mass is 10.1. The van der Waals surface area contributed by atoms with Gasteiger partial charge in [-0.1, -0.05) is 61.5 Å². The summed E-state index contributed by atoms with van der Waals surface area (Å²) in [5, 5.41) is 8.30. The molecule has 8 heteroatoms. The average Bonchev–Trinajstić information content (AvgIpc) is 2.98. The van der Waals surface area contributed by atoms with Crippen LogP contribution in [0.1, 0.15) is 29.3 Å². The first-order chi connectivity index (χ1) is 19.4. The minimum absolute atomic E-state index is 0.0835. The molecule has 0 radical (unpaired) electrons. The third kappa shape index (κ3) is 8.56. The van der Waals surface area contributed by atoms with Crippen molar-refractivity contribution in [3.05, 3.63) is 130 Å². The number of anilines is 2. The topological polar surface area (TPSA) is 87.3 Å². The first-order valence-electron chi connectivity index (χ1n) is 12.7. The van der Waals surface area contributed by atoms with Crippen LogP contribution < -0.4 is 16.0 Å². The molecule has 0 aromatic heterocycles. The molecule has 40 heavy (non-hydrogen) atoms. The van der Waals surface area contributed by atoms with Gasteiger partial charge in [0.05, 0.1) is 5.25 Å². The van der Waals surface area contributed by atoms with E-state index in [9.17, 15) is 14.4 Å². The number of hydrogen-bond donors (Lipinski definition) is 3. The second-order valence-electron chi connectivity index (χ2n) is 8.78. The Hall–Kier alpha value is -3.89. The Morgan fingerprint density at radius 2 is 1.48 bits per heavy atom. The zero-order chi connectivity index (χ0) is 28.3. The van der Waals surface area contributed by atoms with Crippen molar-refractivity contribution in [3.8, 4) is 0 Å². The molecule has 0 aliphatic rings. The van der Waals surface area contributed by atoms with Crippen molar-refractivity contribution in [1.82, 2.24) is 5.32 Å². The largest absolute Gasteiger partial charge is 0.325 e. The first kappa shape index (κ1) is 29.1. The number of carbonyl (C=O) groups excluding carboxylic acids is 3. The molecule has 0 fully saturated rings. The van der Waals surface area contributed by atoms with Crippen LogP contribution >= 0.6 is 34.4 Å². The summed E-state index contributed by atoms with van der Waals surface area (Å²) < 4.78 is 1.09. The second-order valence-corrected chi connectivity index (χ2v) is 11.3. The minimum atomic E-state index is -0.459. The van der Waals surface area contributed by atoms with E-state index >= 15 is 0 Å². The SMILES string of the molecule is CCC(Sc1cccc(NC(=O)/C(=C/c2ccccc2)NC(=O)c2ccccc2)c1)C(=O)Nc1ccc(I)cc1. The number of hydrogen-bond acceptors (Lipinski definition) is 4. The molecule has 0 saturated carbocycles. The summed E-state index contributed by atoms with van der Waals surface area (Å²) in [7, 11) is 0. The molecule has 0 saturated heterocycles. The Morgan fingerprint density at radius 1 is 0.800 bits per heavy atom. The minimum Gasteiger partial charge on any atom is -0.325 e. The van der Waals surface area contributed by atoms with E-state index in [-0.39, 0.29) is 22.8 Å². The highest BCUT2D eigenvalue weighted by Gasteiger charge is 2.19. The number of carbonyl (C=O) groups is 3. The van der Waals surface area contributed by atoms with Crippen molar-refractivity contribution in [2.45, 2.75) is 23.5 Å². The lowest BCUT2D eigenvalue weighted by Gasteiger charge is -2.16. The van der Waals surface area contributed by atoms with Gasteiger partial charge in [0.1, 0.15) is 5.70 Å². The van der Waals surface area contributed by atoms with Gasteiger partial charge < -0.3 is 16.0 Å². The summed E-state index contributed by atoms with van der Waals surface area (Å²) in [5.41, 5.74) is 2.63. The van der Waals surface area contributed by atoms with Crippen LogP contribution in [0.15, 0.2) is 120 Å². The first-order valence-corrected chi connectivity index (χ1v) is 14.6. The van der Waals surface area contributed by atoms with E-state index in [4.69, 9.17) is 0 Å². The highest BCUT2D eigenvalue weighted by molar-refractivity contribution is 14.1. The summed E-state index contributed by atoms with van der Waals surface area (Å²) >= 11 is 3.65. The van der Waals surface area contributed by atoms with Crippen LogP contribution in [0.2, 0.25) is 0 Å². The molecule has 0 bridgehead atoms. The van der Waals surface area contributed by atoms with Gasteiger partial charge in [0.15, 0.2) is 0 Å². The maximum Gasteiger partial charge on any atom is 0.272 e. The van der Waals surface area contributed by atoms with Crippen LogP contribution in [0.25, 0.3) is 6.08 Å². The number of amides is 3. The molecular formula is C32H28IN3O3S. The molecule has 1 atom stereocenters. The van der Waals surface area contributed by atoms with E-state index in [0.29, 0.717) is 17.7 Å². The van der Waals surface area contributed by atoms with E-state index in [1.54, 1.807) is 36.4 Å². The van der Waals surface area contributed by atoms with Gasteiger partial charge in [0, 0.05) is 25.4 Å². The molecule has 0 heterocycles. The monoisotopic (exact) mass is 661 g/mol. The third-order valence-electron chi connectivity index (χ3n) is 5.78. The molecule has 4 aromatic rings. The second kappa shape index (κ2) is 14.5. The quantitative estimate of drug-likeness (QED) is 0.0953. The highest BCUT2D eigenvalue weighted by atomic mass is 127. The summed E-state index contributed by atoms with van der Waals surface area (Å²) in [6.45, 7) is 1.97. The molecule has 3 N–H and O–H groups in total. The van der Waals surface area contributed by atoms with Crippen LogP contribution in [0.5, 0.6) is 0 Å². The Kier molecular flexibility index (Phi) is 10.5. The molecular weight excluding hydrogens is 633 g/mol. The zero-order valence-electron chi connectivity index (χ0n) is 21.8. The third-order valence-corrected chi connectivity index (χ3v) is 7.86. The molecule has 0 aliphatic heterocycles. The number of rotatable bonds is 10. The summed E-state index contributed by atoms with van der Waals surface area (Å²) in [6, 6.07) is 33.0. The number of halogens is 1. The van der Waals surface area contributed by atoms with Gasteiger partial charge in [-0.05, 0) is 95.2 Å². The summed E-state index contributed by atoms with van der Waals surface area (Å²) in [6.07, 6.45) is 2.27. The van der Waals surface area contributed by atoms with E-state index in [1.807, 2.05) is 85.8 Å². The van der Waals surface area contributed by atoms with Crippen LogP contribution in [0, 0.1) is 3.57 Å². The average molecular weight is 662 g/mol. The van der Waals surface area contributed by atoms with Crippen LogP contribution in [-0.2, 0) is 9.59 Å². The Balaban J connectivity index is 1.48. The number of nitrogens with one attached hydrogen (secondary N) is 3. The molecule has 3 amide bonds. The van der Waals surface area contributed by atoms with E-state index < -0.39 is 5.91 Å². The number of thioether (sulfide) groups is 1. The fraction of sp³-hybridized carbons (Fsp3) is 0.0938. The van der Waals surface area contributed by atoms with Crippen molar-refractivity contribution in [2.24, 2.45) is 0 Å². The van der Waals surface area contributed by atoms with Gasteiger partial charge in [-0.25, -0.2) is 0 Å². The van der Waals surface area contributed by atoms with Crippen molar-refractivity contribution in [1.29, 1.82) is 0 Å². The van der Waals surface area contributed by atoms with Gasteiger partial charge in [-0.2, -0.15) is 0 Å². The van der Waals surface area contributed by atoms with Gasteiger partial charge in [-0.3, -0.25) is 14.4 Å². The van der Waals surface area contributed by atoms with E-state index in [2.05, 4.69) is 38.5 Å². The molecule has 202 valence electrons. The Morgan fingerprint density at radius 3 is 2.15 bits per heavy atom. The van der Waals surface area contributed by atoms with Crippen molar-refractivity contribution in [2.75, 3.05) is 10.6 Å². The zero-order valence-corrected chi connectivity index (χ0v) is 24.7. The van der Waals surface area contributed by atoms with Gasteiger partial charge >= 0.3 is 0 Å². The maximum absolute atomic E-state index is 13.3.